The van der Waals surface area contributed by atoms with E-state index < -0.39 is 0 Å². The Labute approximate surface area is 182 Å². The summed E-state index contributed by atoms with van der Waals surface area (Å²) in [5, 5.41) is 3.85. The van der Waals surface area contributed by atoms with Gasteiger partial charge in [0.05, 0.1) is 22.4 Å². The summed E-state index contributed by atoms with van der Waals surface area (Å²) in [6.45, 7) is 3.69. The molecule has 0 unspecified atom stereocenters. The first-order valence-electron chi connectivity index (χ1n) is 10.9. The van der Waals surface area contributed by atoms with E-state index in [9.17, 15) is 9.59 Å². The van der Waals surface area contributed by atoms with Crippen LogP contribution in [0.1, 0.15) is 65.7 Å². The lowest BCUT2D eigenvalue weighted by molar-refractivity contribution is -0.119. The third-order valence-corrected chi connectivity index (χ3v) is 6.92. The van der Waals surface area contributed by atoms with Gasteiger partial charge in [-0.2, -0.15) is 0 Å². The van der Waals surface area contributed by atoms with E-state index in [0.717, 1.165) is 42.9 Å². The number of benzene rings is 1. The average Bonchev–Trinajstić information content (AvgIpc) is 3.32. The lowest BCUT2D eigenvalue weighted by Crippen LogP contribution is -2.28. The lowest BCUT2D eigenvalue weighted by atomic mass is 9.89. The van der Waals surface area contributed by atoms with Gasteiger partial charge in [0.2, 0.25) is 5.91 Å². The number of likely N-dealkylation sites (tertiary alicyclic amines) is 1. The van der Waals surface area contributed by atoms with Crippen molar-refractivity contribution < 1.29 is 9.59 Å². The van der Waals surface area contributed by atoms with Crippen LogP contribution in [0.4, 0.5) is 0 Å². The number of thioether (sulfide) groups is 1. The van der Waals surface area contributed by atoms with Gasteiger partial charge in [0.25, 0.3) is 5.91 Å². The van der Waals surface area contributed by atoms with Crippen LogP contribution in [0, 0.1) is 0 Å². The van der Waals surface area contributed by atoms with Gasteiger partial charge in [0.15, 0.2) is 0 Å². The summed E-state index contributed by atoms with van der Waals surface area (Å²) >= 11 is 1.39. The number of amides is 2. The molecule has 1 fully saturated rings. The van der Waals surface area contributed by atoms with Crippen molar-refractivity contribution in [2.75, 3.05) is 18.8 Å². The van der Waals surface area contributed by atoms with Gasteiger partial charge in [-0.15, -0.1) is 0 Å². The van der Waals surface area contributed by atoms with E-state index in [1.165, 1.54) is 42.2 Å². The average molecular weight is 424 g/mol. The quantitative estimate of drug-likeness (QED) is 0.709. The second kappa shape index (κ2) is 9.65. The number of aromatic nitrogens is 1. The predicted molar refractivity (Wildman–Crippen MR) is 120 cm³/mol. The molecule has 1 N–H and O–H groups in total. The van der Waals surface area contributed by atoms with Crippen molar-refractivity contribution in [1.82, 2.24) is 15.2 Å². The van der Waals surface area contributed by atoms with E-state index in [1.807, 2.05) is 24.0 Å². The van der Waals surface area contributed by atoms with E-state index >= 15 is 0 Å². The maximum Gasteiger partial charge on any atom is 0.255 e. The summed E-state index contributed by atoms with van der Waals surface area (Å²) in [6, 6.07) is 10.2. The summed E-state index contributed by atoms with van der Waals surface area (Å²) in [5.74, 6) is 0.347. The molecule has 1 saturated heterocycles. The van der Waals surface area contributed by atoms with E-state index in [0.29, 0.717) is 11.3 Å². The standard InChI is InChI=1S/C24H29N3O2S/c1-17(19-9-8-18-6-2-3-7-20(18)14-19)26-22(28)16-30-23-11-10-21(15-25-23)24(29)27-12-4-5-13-27/h8-11,14-15,17H,2-7,12-13,16H2,1H3,(H,26,28)/t17-/m1/s1. The summed E-state index contributed by atoms with van der Waals surface area (Å²) in [6.07, 6.45) is 8.61. The fourth-order valence-electron chi connectivity index (χ4n) is 4.22. The van der Waals surface area contributed by atoms with Gasteiger partial charge in [-0.25, -0.2) is 4.98 Å². The van der Waals surface area contributed by atoms with Crippen LogP contribution in [0.15, 0.2) is 41.6 Å². The molecule has 6 heteroatoms. The number of hydrogen-bond donors (Lipinski definition) is 1. The van der Waals surface area contributed by atoms with Crippen LogP contribution in [0.25, 0.3) is 0 Å². The molecule has 30 heavy (non-hydrogen) atoms. The van der Waals surface area contributed by atoms with Gasteiger partial charge >= 0.3 is 0 Å². The highest BCUT2D eigenvalue weighted by atomic mass is 32.2. The molecule has 2 amide bonds. The molecular weight excluding hydrogens is 394 g/mol. The van der Waals surface area contributed by atoms with Gasteiger partial charge < -0.3 is 10.2 Å². The van der Waals surface area contributed by atoms with E-state index in [1.54, 1.807) is 6.20 Å². The zero-order chi connectivity index (χ0) is 20.9. The first kappa shape index (κ1) is 20.9. The van der Waals surface area contributed by atoms with Crippen molar-refractivity contribution in [2.24, 2.45) is 0 Å². The molecule has 1 aromatic carbocycles. The Morgan fingerprint density at radius 2 is 1.83 bits per heavy atom. The number of carbonyl (C=O) groups is 2. The summed E-state index contributed by atoms with van der Waals surface area (Å²) in [7, 11) is 0. The third kappa shape index (κ3) is 5.04. The van der Waals surface area contributed by atoms with Crippen LogP contribution >= 0.6 is 11.8 Å². The summed E-state index contributed by atoms with van der Waals surface area (Å²) in [5.41, 5.74) is 4.67. The molecule has 0 spiro atoms. The highest BCUT2D eigenvalue weighted by Gasteiger charge is 2.20. The zero-order valence-electron chi connectivity index (χ0n) is 17.5. The molecule has 0 bridgehead atoms. The monoisotopic (exact) mass is 423 g/mol. The summed E-state index contributed by atoms with van der Waals surface area (Å²) in [4.78, 5) is 31.0. The zero-order valence-corrected chi connectivity index (χ0v) is 18.3. The molecule has 0 radical (unpaired) electrons. The Morgan fingerprint density at radius 3 is 2.57 bits per heavy atom. The molecule has 2 aliphatic rings. The molecule has 158 valence electrons. The molecule has 1 atom stereocenters. The smallest absolute Gasteiger partial charge is 0.255 e. The lowest BCUT2D eigenvalue weighted by Gasteiger charge is -2.20. The Morgan fingerprint density at radius 1 is 1.07 bits per heavy atom. The number of nitrogens with zero attached hydrogens (tertiary/aromatic N) is 2. The maximum absolute atomic E-state index is 12.4. The van der Waals surface area contributed by atoms with Crippen LogP contribution in [-0.4, -0.2) is 40.5 Å². The largest absolute Gasteiger partial charge is 0.349 e. The van der Waals surface area contributed by atoms with E-state index in [-0.39, 0.29) is 17.9 Å². The molecule has 1 aliphatic carbocycles. The molecule has 2 aromatic rings. The van der Waals surface area contributed by atoms with Gasteiger partial charge in [0.1, 0.15) is 0 Å². The van der Waals surface area contributed by atoms with Crippen molar-refractivity contribution >= 4 is 23.6 Å². The number of fused-ring (bicyclic) bond motifs is 1. The minimum Gasteiger partial charge on any atom is -0.349 e. The Balaban J connectivity index is 1.27. The topological polar surface area (TPSA) is 62.3 Å². The minimum atomic E-state index is -0.0151. The van der Waals surface area contributed by atoms with E-state index in [4.69, 9.17) is 0 Å². The Bertz CT molecular complexity index is 907. The predicted octanol–water partition coefficient (Wildman–Crippen LogP) is 4.17. The molecule has 1 aliphatic heterocycles. The normalized spacial score (nSPS) is 16.8. The fourth-order valence-corrected chi connectivity index (χ4v) is 4.88. The molecule has 0 saturated carbocycles. The third-order valence-electron chi connectivity index (χ3n) is 5.98. The SMILES string of the molecule is C[C@@H](NC(=O)CSc1ccc(C(=O)N2CCCC2)cn1)c1ccc2c(c1)CCCC2. The minimum absolute atomic E-state index is 0.00996. The van der Waals surface area contributed by atoms with Gasteiger partial charge in [-0.1, -0.05) is 30.0 Å². The Kier molecular flexibility index (Phi) is 6.72. The molecular formula is C24H29N3O2S. The fraction of sp³-hybridized carbons (Fsp3) is 0.458. The first-order chi connectivity index (χ1) is 14.6. The van der Waals surface area contributed by atoms with Crippen molar-refractivity contribution in [3.8, 4) is 0 Å². The highest BCUT2D eigenvalue weighted by molar-refractivity contribution is 7.99. The van der Waals surface area contributed by atoms with Gasteiger partial charge in [-0.3, -0.25) is 9.59 Å². The van der Waals surface area contributed by atoms with Gasteiger partial charge in [0, 0.05) is 19.3 Å². The Hall–Kier alpha value is -2.34. The van der Waals surface area contributed by atoms with Crippen molar-refractivity contribution in [3.05, 3.63) is 58.8 Å². The molecule has 2 heterocycles. The van der Waals surface area contributed by atoms with Crippen LogP contribution in [0.3, 0.4) is 0 Å². The van der Waals surface area contributed by atoms with Crippen molar-refractivity contribution in [3.63, 3.8) is 0 Å². The van der Waals surface area contributed by atoms with Crippen LogP contribution < -0.4 is 5.32 Å². The number of pyridine rings is 1. The van der Waals surface area contributed by atoms with Crippen molar-refractivity contribution in [1.29, 1.82) is 0 Å². The first-order valence-corrected chi connectivity index (χ1v) is 11.9. The number of hydrogen-bond acceptors (Lipinski definition) is 4. The second-order valence-electron chi connectivity index (χ2n) is 8.20. The van der Waals surface area contributed by atoms with Crippen LogP contribution in [0.2, 0.25) is 0 Å². The maximum atomic E-state index is 12.4. The summed E-state index contributed by atoms with van der Waals surface area (Å²) < 4.78 is 0. The van der Waals surface area contributed by atoms with E-state index in [2.05, 4.69) is 28.5 Å². The highest BCUT2D eigenvalue weighted by Crippen LogP contribution is 2.25. The van der Waals surface area contributed by atoms with Gasteiger partial charge in [-0.05, 0) is 74.3 Å². The number of nitrogens with one attached hydrogen (secondary N) is 1. The van der Waals surface area contributed by atoms with Crippen LogP contribution in [0.5, 0.6) is 0 Å². The number of carbonyl (C=O) groups excluding carboxylic acids is 2. The molecule has 1 aromatic heterocycles. The van der Waals surface area contributed by atoms with Crippen LogP contribution in [-0.2, 0) is 17.6 Å². The second-order valence-corrected chi connectivity index (χ2v) is 9.19. The number of aryl methyl sites for hydroxylation is 2. The van der Waals surface area contributed by atoms with Crippen molar-refractivity contribution in [2.45, 2.75) is 56.5 Å². The number of rotatable bonds is 6. The molecule has 5 nitrogen and oxygen atoms in total. The molecule has 4 rings (SSSR count).